The van der Waals surface area contributed by atoms with Crippen molar-refractivity contribution >= 4 is 17.5 Å². The van der Waals surface area contributed by atoms with Crippen molar-refractivity contribution in [2.24, 2.45) is 0 Å². The molecular formula is C20H20N2O4S. The summed E-state index contributed by atoms with van der Waals surface area (Å²) in [7, 11) is 3.15. The van der Waals surface area contributed by atoms with E-state index in [0.29, 0.717) is 33.7 Å². The van der Waals surface area contributed by atoms with Gasteiger partial charge in [0.1, 0.15) is 11.5 Å². The molecule has 0 saturated heterocycles. The molecule has 27 heavy (non-hydrogen) atoms. The van der Waals surface area contributed by atoms with Crippen LogP contribution < -0.4 is 9.47 Å². The van der Waals surface area contributed by atoms with Gasteiger partial charge in [0, 0.05) is 17.2 Å². The molecule has 1 atom stereocenters. The first-order valence-corrected chi connectivity index (χ1v) is 9.22. The maximum Gasteiger partial charge on any atom is 0.277 e. The first-order valence-electron chi connectivity index (χ1n) is 8.34. The lowest BCUT2D eigenvalue weighted by Gasteiger charge is -2.07. The van der Waals surface area contributed by atoms with Crippen LogP contribution in [-0.4, -0.2) is 35.5 Å². The van der Waals surface area contributed by atoms with Gasteiger partial charge < -0.3 is 13.9 Å². The van der Waals surface area contributed by atoms with Gasteiger partial charge in [0.2, 0.25) is 5.89 Å². The van der Waals surface area contributed by atoms with E-state index < -0.39 is 0 Å². The molecule has 2 aromatic carbocycles. The van der Waals surface area contributed by atoms with Gasteiger partial charge in [0.15, 0.2) is 5.78 Å². The minimum atomic E-state index is -0.346. The zero-order valence-electron chi connectivity index (χ0n) is 15.6. The largest absolute Gasteiger partial charge is 0.497 e. The van der Waals surface area contributed by atoms with Gasteiger partial charge in [-0.05, 0) is 26.0 Å². The minimum Gasteiger partial charge on any atom is -0.497 e. The highest BCUT2D eigenvalue weighted by molar-refractivity contribution is 8.00. The summed E-state index contributed by atoms with van der Waals surface area (Å²) in [5.74, 6) is 1.60. The quantitative estimate of drug-likeness (QED) is 0.441. The molecule has 0 aliphatic rings. The van der Waals surface area contributed by atoms with Gasteiger partial charge in [-0.25, -0.2) is 0 Å². The van der Waals surface area contributed by atoms with Crippen LogP contribution in [0, 0.1) is 6.92 Å². The fraction of sp³-hybridized carbons (Fsp3) is 0.250. The lowest BCUT2D eigenvalue weighted by atomic mass is 10.1. The fourth-order valence-electron chi connectivity index (χ4n) is 2.46. The summed E-state index contributed by atoms with van der Waals surface area (Å²) in [6.07, 6.45) is 0. The van der Waals surface area contributed by atoms with E-state index in [-0.39, 0.29) is 11.0 Å². The molecule has 0 aliphatic carbocycles. The Morgan fingerprint density at radius 2 is 1.67 bits per heavy atom. The summed E-state index contributed by atoms with van der Waals surface area (Å²) in [6, 6.07) is 12.8. The number of aromatic nitrogens is 2. The smallest absolute Gasteiger partial charge is 0.277 e. The molecule has 140 valence electrons. The van der Waals surface area contributed by atoms with Crippen LogP contribution >= 0.6 is 11.8 Å². The van der Waals surface area contributed by atoms with Crippen LogP contribution in [0.3, 0.4) is 0 Å². The number of nitrogens with zero attached hydrogens (tertiary/aromatic N) is 2. The zero-order valence-corrected chi connectivity index (χ0v) is 16.4. The highest BCUT2D eigenvalue weighted by atomic mass is 32.2. The van der Waals surface area contributed by atoms with E-state index >= 15 is 0 Å². The van der Waals surface area contributed by atoms with Crippen LogP contribution in [0.1, 0.15) is 22.8 Å². The van der Waals surface area contributed by atoms with Crippen LogP contribution in [0.2, 0.25) is 0 Å². The number of hydrogen-bond donors (Lipinski definition) is 0. The predicted octanol–water partition coefficient (Wildman–Crippen LogP) is 4.43. The molecule has 0 amide bonds. The number of hydrogen-bond acceptors (Lipinski definition) is 7. The number of methoxy groups -OCH3 is 2. The van der Waals surface area contributed by atoms with Crippen molar-refractivity contribution in [1.29, 1.82) is 0 Å². The normalized spacial score (nSPS) is 11.9. The second-order valence-electron chi connectivity index (χ2n) is 5.96. The van der Waals surface area contributed by atoms with Crippen molar-refractivity contribution in [3.05, 3.63) is 53.6 Å². The van der Waals surface area contributed by atoms with E-state index in [1.807, 2.05) is 38.1 Å². The number of ether oxygens (including phenoxy) is 2. The SMILES string of the molecule is COc1cc(OC)cc(-c2nnc(S[C@H](C)C(=O)c3ccc(C)cc3)o2)c1. The first kappa shape index (κ1) is 19.0. The Kier molecular flexibility index (Phi) is 5.81. The second-order valence-corrected chi connectivity index (χ2v) is 7.26. The number of thioether (sulfide) groups is 1. The summed E-state index contributed by atoms with van der Waals surface area (Å²) < 4.78 is 16.2. The molecule has 0 spiro atoms. The molecule has 0 saturated carbocycles. The van der Waals surface area contributed by atoms with Crippen molar-refractivity contribution in [3.8, 4) is 23.0 Å². The molecular weight excluding hydrogens is 364 g/mol. The van der Waals surface area contributed by atoms with Crippen LogP contribution in [0.5, 0.6) is 11.5 Å². The summed E-state index contributed by atoms with van der Waals surface area (Å²) >= 11 is 1.23. The Morgan fingerprint density at radius 1 is 1.04 bits per heavy atom. The van der Waals surface area contributed by atoms with E-state index in [0.717, 1.165) is 5.56 Å². The number of benzene rings is 2. The van der Waals surface area contributed by atoms with Gasteiger partial charge >= 0.3 is 0 Å². The zero-order chi connectivity index (χ0) is 19.4. The van der Waals surface area contributed by atoms with Crippen molar-refractivity contribution in [2.75, 3.05) is 14.2 Å². The van der Waals surface area contributed by atoms with Gasteiger partial charge in [-0.15, -0.1) is 10.2 Å². The number of Topliss-reactive ketones (excluding diaryl/α,β-unsaturated/α-hetero) is 1. The van der Waals surface area contributed by atoms with E-state index in [1.165, 1.54) is 11.8 Å². The van der Waals surface area contributed by atoms with Crippen LogP contribution in [0.15, 0.2) is 52.1 Å². The number of rotatable bonds is 7. The van der Waals surface area contributed by atoms with Gasteiger partial charge in [0.25, 0.3) is 5.22 Å². The summed E-state index contributed by atoms with van der Waals surface area (Å²) in [4.78, 5) is 12.6. The number of ketones is 1. The van der Waals surface area contributed by atoms with Gasteiger partial charge in [-0.2, -0.15) is 0 Å². The second kappa shape index (κ2) is 8.26. The van der Waals surface area contributed by atoms with Crippen LogP contribution in [0.25, 0.3) is 11.5 Å². The number of carbonyl (C=O) groups is 1. The van der Waals surface area contributed by atoms with E-state index in [9.17, 15) is 4.79 Å². The molecule has 0 unspecified atom stereocenters. The minimum absolute atomic E-state index is 0.0165. The maximum absolute atomic E-state index is 12.6. The average molecular weight is 384 g/mol. The topological polar surface area (TPSA) is 74.5 Å². The van der Waals surface area contributed by atoms with Gasteiger partial charge in [0.05, 0.1) is 19.5 Å². The number of aryl methyl sites for hydroxylation is 1. The molecule has 6 nitrogen and oxygen atoms in total. The number of carbonyl (C=O) groups excluding carboxylic acids is 1. The molecule has 0 fully saturated rings. The third kappa shape index (κ3) is 4.49. The molecule has 7 heteroatoms. The standard InChI is InChI=1S/C20H20N2O4S/c1-12-5-7-14(8-6-12)18(23)13(2)27-20-22-21-19(26-20)15-9-16(24-3)11-17(10-15)25-4/h5-11,13H,1-4H3/t13-/m1/s1. The van der Waals surface area contributed by atoms with E-state index in [1.54, 1.807) is 32.4 Å². The Labute approximate surface area is 161 Å². The molecule has 0 radical (unpaired) electrons. The Morgan fingerprint density at radius 3 is 2.26 bits per heavy atom. The molecule has 1 aromatic heterocycles. The molecule has 1 heterocycles. The van der Waals surface area contributed by atoms with Crippen LogP contribution in [0.4, 0.5) is 0 Å². The Balaban J connectivity index is 1.76. The lowest BCUT2D eigenvalue weighted by molar-refractivity contribution is 0.0993. The monoisotopic (exact) mass is 384 g/mol. The van der Waals surface area contributed by atoms with Gasteiger partial charge in [-0.1, -0.05) is 41.6 Å². The van der Waals surface area contributed by atoms with Crippen molar-refractivity contribution in [3.63, 3.8) is 0 Å². The molecule has 0 bridgehead atoms. The maximum atomic E-state index is 12.6. The molecule has 3 aromatic rings. The lowest BCUT2D eigenvalue weighted by Crippen LogP contribution is -2.13. The Bertz CT molecular complexity index is 915. The third-order valence-electron chi connectivity index (χ3n) is 3.99. The predicted molar refractivity (Wildman–Crippen MR) is 104 cm³/mol. The summed E-state index contributed by atoms with van der Waals surface area (Å²) in [5, 5.41) is 8.11. The van der Waals surface area contributed by atoms with Crippen molar-refractivity contribution in [1.82, 2.24) is 10.2 Å². The Hall–Kier alpha value is -2.80. The summed E-state index contributed by atoms with van der Waals surface area (Å²) in [6.45, 7) is 3.81. The van der Waals surface area contributed by atoms with Gasteiger partial charge in [-0.3, -0.25) is 4.79 Å². The molecule has 0 aliphatic heterocycles. The third-order valence-corrected chi connectivity index (χ3v) is 4.92. The van der Waals surface area contributed by atoms with E-state index in [4.69, 9.17) is 13.9 Å². The highest BCUT2D eigenvalue weighted by Crippen LogP contribution is 2.32. The highest BCUT2D eigenvalue weighted by Gasteiger charge is 2.20. The molecule has 3 rings (SSSR count). The van der Waals surface area contributed by atoms with E-state index in [2.05, 4.69) is 10.2 Å². The molecule has 0 N–H and O–H groups in total. The fourth-order valence-corrected chi connectivity index (χ4v) is 3.22. The van der Waals surface area contributed by atoms with Crippen molar-refractivity contribution in [2.45, 2.75) is 24.3 Å². The average Bonchev–Trinajstić information content (AvgIpc) is 3.16. The van der Waals surface area contributed by atoms with Crippen molar-refractivity contribution < 1.29 is 18.7 Å². The first-order chi connectivity index (χ1) is 13.0. The van der Waals surface area contributed by atoms with Crippen LogP contribution in [-0.2, 0) is 0 Å². The summed E-state index contributed by atoms with van der Waals surface area (Å²) in [5.41, 5.74) is 2.46.